The van der Waals surface area contributed by atoms with Crippen LogP contribution in [0, 0.1) is 0 Å². The van der Waals surface area contributed by atoms with Gasteiger partial charge in [-0.3, -0.25) is 18.2 Å². The zero-order valence-electron chi connectivity index (χ0n) is 24.2. The zero-order valence-corrected chi connectivity index (χ0v) is 26.9. The van der Waals surface area contributed by atoms with Gasteiger partial charge in [-0.2, -0.15) is 8.62 Å². The number of imidazole rings is 2. The number of anilines is 2. The zero-order chi connectivity index (χ0) is 35.5. The van der Waals surface area contributed by atoms with E-state index >= 15 is 0 Å². The molecule has 2 fully saturated rings. The predicted octanol–water partition coefficient (Wildman–Crippen LogP) is -2.56. The number of phosphoric acid groups is 3. The van der Waals surface area contributed by atoms with Gasteiger partial charge >= 0.3 is 23.5 Å². The molecule has 29 heteroatoms. The van der Waals surface area contributed by atoms with Gasteiger partial charge < -0.3 is 56.0 Å². The molecule has 0 radical (unpaired) electrons. The fourth-order valence-corrected chi connectivity index (χ4v) is 8.49. The van der Waals surface area contributed by atoms with Gasteiger partial charge in [-0.05, 0) is 0 Å². The molecule has 0 bridgehead atoms. The number of nitrogens with two attached hydrogens (primary N) is 2. The first-order valence-corrected chi connectivity index (χ1v) is 18.0. The number of nitrogens with zero attached hydrogens (tertiary/aromatic N) is 8. The minimum absolute atomic E-state index is 0.0158. The summed E-state index contributed by atoms with van der Waals surface area (Å²) in [5.74, 6) is 0.0316. The molecule has 4 aromatic heterocycles. The summed E-state index contributed by atoms with van der Waals surface area (Å²) in [7, 11) is -17.2. The number of hydrogen-bond donors (Lipinski definition) is 9. The van der Waals surface area contributed by atoms with Crippen LogP contribution in [0.15, 0.2) is 25.3 Å². The summed E-state index contributed by atoms with van der Waals surface area (Å²) in [5, 5.41) is 41.8. The third-order valence-corrected chi connectivity index (χ3v) is 11.5. The van der Waals surface area contributed by atoms with Gasteiger partial charge in [-0.15, -0.1) is 0 Å². The normalized spacial score (nSPS) is 31.2. The Morgan fingerprint density at radius 2 is 1.02 bits per heavy atom. The average Bonchev–Trinajstić information content (AvgIpc) is 3.77. The highest BCUT2D eigenvalue weighted by Crippen LogP contribution is 2.67. The van der Waals surface area contributed by atoms with Crippen molar-refractivity contribution in [2.45, 2.75) is 49.1 Å². The summed E-state index contributed by atoms with van der Waals surface area (Å²) < 4.78 is 67.9. The minimum Gasteiger partial charge on any atom is -0.387 e. The van der Waals surface area contributed by atoms with Crippen molar-refractivity contribution in [3.05, 3.63) is 25.3 Å². The van der Waals surface area contributed by atoms with Crippen molar-refractivity contribution < 1.29 is 75.9 Å². The largest absolute Gasteiger partial charge is 0.490 e. The predicted molar refractivity (Wildman–Crippen MR) is 155 cm³/mol. The Kier molecular flexibility index (Phi) is 9.62. The second kappa shape index (κ2) is 13.2. The van der Waals surface area contributed by atoms with E-state index in [-0.39, 0.29) is 34.0 Å². The van der Waals surface area contributed by atoms with Crippen LogP contribution in [-0.2, 0) is 40.8 Å². The Bertz CT molecular complexity index is 1860. The van der Waals surface area contributed by atoms with Crippen LogP contribution in [0.1, 0.15) is 12.5 Å². The second-order valence-corrected chi connectivity index (χ2v) is 15.1. The molecule has 0 saturated carbocycles. The van der Waals surface area contributed by atoms with E-state index in [1.165, 1.54) is 21.8 Å². The number of nitrogen functional groups attached to an aromatic ring is 2. The fourth-order valence-electron chi connectivity index (χ4n) is 4.96. The molecular formula is C20H27N10O16P3. The maximum absolute atomic E-state index is 12.4. The molecule has 2 aliphatic heterocycles. The molecule has 2 aliphatic rings. The molecule has 0 spiro atoms. The third-order valence-electron chi connectivity index (χ3n) is 7.21. The third kappa shape index (κ3) is 7.22. The van der Waals surface area contributed by atoms with E-state index in [1.807, 2.05) is 0 Å². The highest BCUT2D eigenvalue weighted by molar-refractivity contribution is 7.66. The molecule has 49 heavy (non-hydrogen) atoms. The molecule has 11 atom stereocenters. The van der Waals surface area contributed by atoms with Gasteiger partial charge in [0, 0.05) is 0 Å². The number of aliphatic hydroxyl groups is 4. The van der Waals surface area contributed by atoms with Crippen molar-refractivity contribution in [2.24, 2.45) is 0 Å². The summed E-state index contributed by atoms with van der Waals surface area (Å²) in [6.07, 6.45) is -7.97. The number of aliphatic hydroxyl groups excluding tert-OH is 4. The summed E-state index contributed by atoms with van der Waals surface area (Å²) in [6, 6.07) is 0. The quantitative estimate of drug-likeness (QED) is 0.0671. The molecule has 6 heterocycles. The molecule has 26 nitrogen and oxygen atoms in total. The highest BCUT2D eigenvalue weighted by Gasteiger charge is 2.49. The summed E-state index contributed by atoms with van der Waals surface area (Å²) in [5.41, 5.74) is 12.0. The highest BCUT2D eigenvalue weighted by atomic mass is 31.3. The Morgan fingerprint density at radius 1 is 0.633 bits per heavy atom. The van der Waals surface area contributed by atoms with Crippen molar-refractivity contribution in [1.29, 1.82) is 0 Å². The van der Waals surface area contributed by atoms with Gasteiger partial charge in [0.25, 0.3) is 0 Å². The Morgan fingerprint density at radius 3 is 1.41 bits per heavy atom. The van der Waals surface area contributed by atoms with Crippen molar-refractivity contribution in [2.75, 3.05) is 24.7 Å². The van der Waals surface area contributed by atoms with Crippen LogP contribution >= 0.6 is 23.5 Å². The Labute approximate surface area is 271 Å². The maximum atomic E-state index is 12.4. The van der Waals surface area contributed by atoms with Gasteiger partial charge in [0.1, 0.15) is 60.3 Å². The topological polar surface area (TPSA) is 387 Å². The molecule has 268 valence electrons. The summed E-state index contributed by atoms with van der Waals surface area (Å²) in [4.78, 5) is 53.5. The van der Waals surface area contributed by atoms with Crippen molar-refractivity contribution in [3.8, 4) is 0 Å². The lowest BCUT2D eigenvalue weighted by atomic mass is 10.1. The Hall–Kier alpha value is -3.13. The van der Waals surface area contributed by atoms with Crippen LogP contribution in [0.4, 0.5) is 11.6 Å². The van der Waals surface area contributed by atoms with Gasteiger partial charge in [0.15, 0.2) is 35.4 Å². The SMILES string of the molecule is Nc1ncnc2c1ncn2[C@@H]1O[C@H](COP(=O)(O)OP(=O)(O)OP(=O)(O)OC[C@@H]2O[C@H](n3cnc4c(N)ncnc43)[C@H](O)[C@@H]2O)[C@H](O)[C@H]1O. The van der Waals surface area contributed by atoms with E-state index in [2.05, 4.69) is 47.6 Å². The van der Waals surface area contributed by atoms with Gasteiger partial charge in [0.2, 0.25) is 0 Å². The molecule has 4 aromatic rings. The number of phosphoric ester groups is 2. The van der Waals surface area contributed by atoms with Crippen molar-refractivity contribution >= 4 is 57.4 Å². The van der Waals surface area contributed by atoms with Crippen molar-refractivity contribution in [3.63, 3.8) is 0 Å². The first-order valence-electron chi connectivity index (χ1n) is 13.6. The van der Waals surface area contributed by atoms with E-state index in [1.54, 1.807) is 0 Å². The van der Waals surface area contributed by atoms with Gasteiger partial charge in [-0.25, -0.2) is 43.6 Å². The minimum atomic E-state index is -5.94. The molecule has 0 aromatic carbocycles. The van der Waals surface area contributed by atoms with E-state index in [0.717, 1.165) is 12.7 Å². The van der Waals surface area contributed by atoms with Crippen LogP contribution in [0.25, 0.3) is 22.3 Å². The number of fused-ring (bicyclic) bond motifs is 2. The molecule has 2 saturated heterocycles. The monoisotopic (exact) mass is 756 g/mol. The van der Waals surface area contributed by atoms with Gasteiger partial charge in [0.05, 0.1) is 25.9 Å². The number of hydrogen-bond acceptors (Lipinski definition) is 21. The molecular weight excluding hydrogens is 729 g/mol. The lowest BCUT2D eigenvalue weighted by molar-refractivity contribution is -0.0510. The van der Waals surface area contributed by atoms with Crippen LogP contribution in [-0.4, -0.2) is 124 Å². The van der Waals surface area contributed by atoms with Crippen molar-refractivity contribution in [1.82, 2.24) is 39.0 Å². The first kappa shape index (κ1) is 35.7. The van der Waals surface area contributed by atoms with Crippen LogP contribution in [0.5, 0.6) is 0 Å². The van der Waals surface area contributed by atoms with Crippen LogP contribution in [0.2, 0.25) is 0 Å². The average molecular weight is 756 g/mol. The van der Waals surface area contributed by atoms with E-state index in [9.17, 15) is 48.8 Å². The second-order valence-electron chi connectivity index (χ2n) is 10.4. The lowest BCUT2D eigenvalue weighted by Crippen LogP contribution is -2.33. The molecule has 3 unspecified atom stereocenters. The smallest absolute Gasteiger partial charge is 0.387 e. The molecule has 0 aliphatic carbocycles. The maximum Gasteiger partial charge on any atom is 0.490 e. The summed E-state index contributed by atoms with van der Waals surface area (Å²) in [6.45, 7) is -2.05. The van der Waals surface area contributed by atoms with Crippen LogP contribution in [0.3, 0.4) is 0 Å². The standard InChI is InChI=1S/C20H27N10O16P3/c21-15-9-17(25-3-23-15)29(5-27-9)19-13(33)11(31)7(43-19)1-41-47(35,36)45-49(39,40)46-48(37,38)42-2-8-12(32)14(34)20(44-8)30-6-28-10-16(22)24-4-26-18(10)30/h3-8,11-14,19-20,31-34H,1-2H2,(H,35,36)(H,37,38)(H,39,40)(H2,21,23,25)(H2,22,24,26)/t7-,8+,11+,12-,13-,14-,19-,20+/m1/s1. The van der Waals surface area contributed by atoms with E-state index in [4.69, 9.17) is 20.9 Å². The molecule has 0 amide bonds. The van der Waals surface area contributed by atoms with Gasteiger partial charge in [-0.1, -0.05) is 0 Å². The van der Waals surface area contributed by atoms with Crippen LogP contribution < -0.4 is 11.5 Å². The molecule has 6 rings (SSSR count). The fraction of sp³-hybridized carbons (Fsp3) is 0.500. The number of aromatic nitrogens is 8. The molecule has 11 N–H and O–H groups in total. The number of ether oxygens (including phenoxy) is 2. The number of rotatable bonds is 12. The lowest BCUT2D eigenvalue weighted by Gasteiger charge is -2.21. The van der Waals surface area contributed by atoms with E-state index in [0.29, 0.717) is 0 Å². The Balaban J connectivity index is 1.03. The van der Waals surface area contributed by atoms with E-state index < -0.39 is 85.8 Å². The first-order chi connectivity index (χ1) is 23.0. The summed E-state index contributed by atoms with van der Waals surface area (Å²) >= 11 is 0.